The van der Waals surface area contributed by atoms with Crippen molar-refractivity contribution in [2.45, 2.75) is 24.0 Å². The van der Waals surface area contributed by atoms with Gasteiger partial charge in [-0.1, -0.05) is 15.9 Å². The first-order valence-corrected chi connectivity index (χ1v) is 8.83. The maximum absolute atomic E-state index is 14.0. The maximum atomic E-state index is 14.0. The molecular formula is C11H8BrClFN3O2S. The van der Waals surface area contributed by atoms with E-state index in [-0.39, 0.29) is 22.6 Å². The summed E-state index contributed by atoms with van der Waals surface area (Å²) < 4.78 is 39.0. The van der Waals surface area contributed by atoms with Gasteiger partial charge in [-0.05, 0) is 31.0 Å². The third-order valence-electron chi connectivity index (χ3n) is 2.97. The van der Waals surface area contributed by atoms with Crippen LogP contribution in [0.5, 0.6) is 0 Å². The molecule has 0 spiro atoms. The van der Waals surface area contributed by atoms with E-state index in [9.17, 15) is 12.8 Å². The Morgan fingerprint density at radius 1 is 1.35 bits per heavy atom. The van der Waals surface area contributed by atoms with Crippen LogP contribution in [0.25, 0.3) is 11.4 Å². The van der Waals surface area contributed by atoms with Crippen LogP contribution in [0.4, 0.5) is 4.39 Å². The molecule has 1 aliphatic carbocycles. The average molecular weight is 381 g/mol. The summed E-state index contributed by atoms with van der Waals surface area (Å²) in [7, 11) is 1.33. The molecule has 106 valence electrons. The third kappa shape index (κ3) is 2.47. The van der Waals surface area contributed by atoms with Crippen LogP contribution in [0.1, 0.15) is 18.9 Å². The van der Waals surface area contributed by atoms with E-state index in [1.165, 1.54) is 16.7 Å². The molecule has 0 saturated heterocycles. The van der Waals surface area contributed by atoms with E-state index in [2.05, 4.69) is 26.1 Å². The van der Waals surface area contributed by atoms with Gasteiger partial charge in [0.1, 0.15) is 5.82 Å². The van der Waals surface area contributed by atoms with Gasteiger partial charge in [0, 0.05) is 21.2 Å². The summed E-state index contributed by atoms with van der Waals surface area (Å²) in [6.45, 7) is 0. The molecule has 0 atom stereocenters. The molecule has 1 aromatic carbocycles. The summed E-state index contributed by atoms with van der Waals surface area (Å²) in [4.78, 5) is 0. The first-order chi connectivity index (χ1) is 9.38. The topological polar surface area (TPSA) is 64.8 Å². The molecule has 0 N–H and O–H groups in total. The summed E-state index contributed by atoms with van der Waals surface area (Å²) in [6, 6.07) is 4.41. The van der Waals surface area contributed by atoms with Crippen molar-refractivity contribution >= 4 is 35.7 Å². The van der Waals surface area contributed by atoms with E-state index in [0.29, 0.717) is 4.47 Å². The van der Waals surface area contributed by atoms with E-state index in [1.807, 2.05) is 0 Å². The third-order valence-corrected chi connectivity index (χ3v) is 4.59. The normalized spacial score (nSPS) is 15.6. The van der Waals surface area contributed by atoms with Gasteiger partial charge in [0.2, 0.25) is 0 Å². The molecule has 1 fully saturated rings. The van der Waals surface area contributed by atoms with Crippen molar-refractivity contribution in [1.29, 1.82) is 0 Å². The largest absolute Gasteiger partial charge is 0.296 e. The van der Waals surface area contributed by atoms with Crippen LogP contribution < -0.4 is 0 Å². The lowest BCUT2D eigenvalue weighted by Gasteiger charge is -2.08. The zero-order valence-electron chi connectivity index (χ0n) is 9.92. The highest BCUT2D eigenvalue weighted by atomic mass is 79.9. The van der Waals surface area contributed by atoms with Gasteiger partial charge in [-0.2, -0.15) is 0 Å². The lowest BCUT2D eigenvalue weighted by molar-refractivity contribution is 0.577. The van der Waals surface area contributed by atoms with Gasteiger partial charge in [-0.15, -0.1) is 10.2 Å². The summed E-state index contributed by atoms with van der Waals surface area (Å²) in [6.07, 6.45) is 1.59. The molecule has 0 unspecified atom stereocenters. The van der Waals surface area contributed by atoms with Gasteiger partial charge in [0.05, 0.1) is 5.56 Å². The highest BCUT2D eigenvalue weighted by molar-refractivity contribution is 9.10. The highest BCUT2D eigenvalue weighted by Crippen LogP contribution is 2.41. The molecular weight excluding hydrogens is 373 g/mol. The van der Waals surface area contributed by atoms with Crippen LogP contribution >= 0.6 is 26.6 Å². The maximum Gasteiger partial charge on any atom is 0.296 e. The van der Waals surface area contributed by atoms with E-state index < -0.39 is 14.9 Å². The van der Waals surface area contributed by atoms with Crippen LogP contribution in [-0.2, 0) is 9.05 Å². The Bertz CT molecular complexity index is 789. The molecule has 1 aliphatic rings. The van der Waals surface area contributed by atoms with E-state index in [0.717, 1.165) is 12.8 Å². The van der Waals surface area contributed by atoms with Crippen LogP contribution in [0.2, 0.25) is 0 Å². The summed E-state index contributed by atoms with van der Waals surface area (Å²) in [5.74, 6) is -0.330. The van der Waals surface area contributed by atoms with E-state index in [4.69, 9.17) is 10.7 Å². The minimum absolute atomic E-state index is 0.0495. The fourth-order valence-corrected chi connectivity index (χ4v) is 3.22. The van der Waals surface area contributed by atoms with Crippen molar-refractivity contribution in [3.8, 4) is 11.4 Å². The van der Waals surface area contributed by atoms with E-state index in [1.54, 1.807) is 6.07 Å². The van der Waals surface area contributed by atoms with Crippen LogP contribution in [-0.4, -0.2) is 23.2 Å². The van der Waals surface area contributed by atoms with E-state index >= 15 is 0 Å². The zero-order valence-corrected chi connectivity index (χ0v) is 13.1. The second-order valence-electron chi connectivity index (χ2n) is 4.47. The van der Waals surface area contributed by atoms with Gasteiger partial charge in [0.25, 0.3) is 14.2 Å². The summed E-state index contributed by atoms with van der Waals surface area (Å²) in [5, 5.41) is 7.07. The van der Waals surface area contributed by atoms with Crippen molar-refractivity contribution in [3.63, 3.8) is 0 Å². The molecule has 5 nitrogen and oxygen atoms in total. The van der Waals surface area contributed by atoms with Gasteiger partial charge in [-0.25, -0.2) is 12.8 Å². The molecule has 0 bridgehead atoms. The van der Waals surface area contributed by atoms with Gasteiger partial charge < -0.3 is 0 Å². The molecule has 0 radical (unpaired) electrons. The Balaban J connectivity index is 2.22. The predicted molar refractivity (Wildman–Crippen MR) is 74.4 cm³/mol. The minimum atomic E-state index is -4.02. The highest BCUT2D eigenvalue weighted by Gasteiger charge is 2.34. The molecule has 0 aliphatic heterocycles. The summed E-state index contributed by atoms with van der Waals surface area (Å²) in [5.41, 5.74) is 0.194. The van der Waals surface area contributed by atoms with Crippen LogP contribution in [0.3, 0.4) is 0 Å². The Morgan fingerprint density at radius 2 is 2.05 bits per heavy atom. The Morgan fingerprint density at radius 3 is 2.60 bits per heavy atom. The lowest BCUT2D eigenvalue weighted by atomic mass is 10.2. The van der Waals surface area contributed by atoms with Crippen molar-refractivity contribution in [2.24, 2.45) is 0 Å². The number of halogens is 3. The molecule has 2 aromatic rings. The number of rotatable bonds is 3. The Kier molecular flexibility index (Phi) is 3.34. The molecule has 3 rings (SSSR count). The van der Waals surface area contributed by atoms with Gasteiger partial charge in [-0.3, -0.25) is 4.57 Å². The Labute approximate surface area is 127 Å². The van der Waals surface area contributed by atoms with Crippen molar-refractivity contribution in [1.82, 2.24) is 14.8 Å². The number of nitrogens with zero attached hydrogens (tertiary/aromatic N) is 3. The first-order valence-electron chi connectivity index (χ1n) is 5.73. The summed E-state index contributed by atoms with van der Waals surface area (Å²) >= 11 is 3.17. The smallest absolute Gasteiger partial charge is 0.294 e. The SMILES string of the molecule is O=S(=O)(Cl)c1nnc(-c2ccc(Br)cc2F)n1C1CC1. The second kappa shape index (κ2) is 4.78. The zero-order chi connectivity index (χ0) is 14.5. The van der Waals surface area contributed by atoms with Gasteiger partial charge >= 0.3 is 0 Å². The number of hydrogen-bond acceptors (Lipinski definition) is 4. The monoisotopic (exact) mass is 379 g/mol. The number of hydrogen-bond donors (Lipinski definition) is 0. The van der Waals surface area contributed by atoms with Crippen molar-refractivity contribution in [2.75, 3.05) is 0 Å². The predicted octanol–water partition coefficient (Wildman–Crippen LogP) is 3.11. The number of aromatic nitrogens is 3. The van der Waals surface area contributed by atoms with Gasteiger partial charge in [0.15, 0.2) is 5.82 Å². The molecule has 1 saturated carbocycles. The molecule has 9 heteroatoms. The fourth-order valence-electron chi connectivity index (χ4n) is 1.96. The first kappa shape index (κ1) is 14.0. The average Bonchev–Trinajstić information content (AvgIpc) is 3.07. The van der Waals surface area contributed by atoms with Crippen molar-refractivity contribution < 1.29 is 12.8 Å². The quantitative estimate of drug-likeness (QED) is 0.768. The minimum Gasteiger partial charge on any atom is -0.294 e. The number of benzene rings is 1. The lowest BCUT2D eigenvalue weighted by Crippen LogP contribution is -2.06. The van der Waals surface area contributed by atoms with Crippen LogP contribution in [0.15, 0.2) is 27.8 Å². The molecule has 1 aromatic heterocycles. The molecule has 20 heavy (non-hydrogen) atoms. The standard InChI is InChI=1S/C11H8BrClFN3O2S/c12-6-1-4-8(9(14)5-6)10-15-16-11(20(13,18)19)17(10)7-2-3-7/h1,4-5,7H,2-3H2. The molecule has 1 heterocycles. The second-order valence-corrected chi connectivity index (χ2v) is 7.84. The fraction of sp³-hybridized carbons (Fsp3) is 0.273. The molecule has 0 amide bonds. The Hall–Kier alpha value is -0.990. The van der Waals surface area contributed by atoms with Crippen molar-refractivity contribution in [3.05, 3.63) is 28.5 Å². The van der Waals surface area contributed by atoms with Crippen LogP contribution in [0, 0.1) is 5.82 Å².